The first-order valence-electron chi connectivity index (χ1n) is 5.47. The highest BCUT2D eigenvalue weighted by Gasteiger charge is 2.11. The summed E-state index contributed by atoms with van der Waals surface area (Å²) in [6.07, 6.45) is 7.61. The van der Waals surface area contributed by atoms with Crippen molar-refractivity contribution in [1.29, 1.82) is 0 Å². The molecular weight excluding hydrogens is 178 g/mol. The number of aliphatic imine (C=N–C) groups is 1. The number of hydrogen-bond donors (Lipinski definition) is 1. The number of carbonyl (C=O) groups excluding carboxylic acids is 1. The molecule has 0 saturated heterocycles. The minimum Gasteiger partial charge on any atom is -0.391 e. The summed E-state index contributed by atoms with van der Waals surface area (Å²) in [5, 5.41) is 9.53. The van der Waals surface area contributed by atoms with Gasteiger partial charge in [0.2, 0.25) is 6.08 Å². The Morgan fingerprint density at radius 2 is 1.93 bits per heavy atom. The Balaban J connectivity index is 3.43. The van der Waals surface area contributed by atoms with Gasteiger partial charge in [0, 0.05) is 0 Å². The molecule has 0 aromatic heterocycles. The summed E-state index contributed by atoms with van der Waals surface area (Å²) in [4.78, 5) is 13.4. The fourth-order valence-electron chi connectivity index (χ4n) is 1.37. The maximum absolute atomic E-state index is 9.93. The summed E-state index contributed by atoms with van der Waals surface area (Å²) in [5.74, 6) is 0. The van der Waals surface area contributed by atoms with Gasteiger partial charge in [-0.05, 0) is 13.3 Å². The van der Waals surface area contributed by atoms with Gasteiger partial charge in [-0.1, -0.05) is 39.0 Å². The molecule has 0 heterocycles. The predicted molar refractivity (Wildman–Crippen MR) is 57.0 cm³/mol. The van der Waals surface area contributed by atoms with E-state index < -0.39 is 6.10 Å². The lowest BCUT2D eigenvalue weighted by atomic mass is 10.0. The molecule has 0 aromatic carbocycles. The molecule has 2 unspecified atom stereocenters. The van der Waals surface area contributed by atoms with Gasteiger partial charge in [-0.3, -0.25) is 0 Å². The Labute approximate surface area is 86.2 Å². The third kappa shape index (κ3) is 6.81. The van der Waals surface area contributed by atoms with Gasteiger partial charge in [-0.15, -0.1) is 0 Å². The van der Waals surface area contributed by atoms with Crippen molar-refractivity contribution in [2.24, 2.45) is 4.99 Å². The van der Waals surface area contributed by atoms with E-state index in [1.807, 2.05) is 0 Å². The van der Waals surface area contributed by atoms with E-state index in [1.54, 1.807) is 6.92 Å². The van der Waals surface area contributed by atoms with Crippen molar-refractivity contribution in [2.75, 3.05) is 0 Å². The van der Waals surface area contributed by atoms with E-state index in [0.717, 1.165) is 19.3 Å². The normalized spacial score (nSPS) is 14.5. The number of unbranched alkanes of at least 4 members (excludes halogenated alkanes) is 4. The van der Waals surface area contributed by atoms with Crippen LogP contribution in [0.1, 0.15) is 52.4 Å². The SMILES string of the molecule is CCCCCCCC(O)C(C)N=C=O. The smallest absolute Gasteiger partial charge is 0.235 e. The fourth-order valence-corrected chi connectivity index (χ4v) is 1.37. The zero-order valence-corrected chi connectivity index (χ0v) is 9.20. The zero-order valence-electron chi connectivity index (χ0n) is 9.20. The second-order valence-electron chi connectivity index (χ2n) is 3.73. The second kappa shape index (κ2) is 8.92. The summed E-state index contributed by atoms with van der Waals surface area (Å²) < 4.78 is 0. The molecule has 3 nitrogen and oxygen atoms in total. The van der Waals surface area contributed by atoms with Gasteiger partial charge >= 0.3 is 0 Å². The summed E-state index contributed by atoms with van der Waals surface area (Å²) in [5.41, 5.74) is 0. The Morgan fingerprint density at radius 1 is 1.29 bits per heavy atom. The summed E-state index contributed by atoms with van der Waals surface area (Å²) >= 11 is 0. The minimum absolute atomic E-state index is 0.307. The molecule has 14 heavy (non-hydrogen) atoms. The number of aliphatic hydroxyl groups is 1. The van der Waals surface area contributed by atoms with Crippen molar-refractivity contribution in [1.82, 2.24) is 0 Å². The van der Waals surface area contributed by atoms with E-state index in [1.165, 1.54) is 25.3 Å². The lowest BCUT2D eigenvalue weighted by molar-refractivity contribution is 0.138. The Bertz CT molecular complexity index is 176. The summed E-state index contributed by atoms with van der Waals surface area (Å²) in [6.45, 7) is 3.91. The van der Waals surface area contributed by atoms with Gasteiger partial charge in [0.1, 0.15) is 0 Å². The zero-order chi connectivity index (χ0) is 10.8. The van der Waals surface area contributed by atoms with Gasteiger partial charge in [0.25, 0.3) is 0 Å². The first kappa shape index (κ1) is 13.3. The van der Waals surface area contributed by atoms with Crippen LogP contribution in [0.4, 0.5) is 0 Å². The van der Waals surface area contributed by atoms with Crippen molar-refractivity contribution in [3.05, 3.63) is 0 Å². The molecule has 0 aromatic rings. The predicted octanol–water partition coefficient (Wildman–Crippen LogP) is 2.43. The lowest BCUT2D eigenvalue weighted by Gasteiger charge is -2.12. The first-order chi connectivity index (χ1) is 6.72. The second-order valence-corrected chi connectivity index (χ2v) is 3.73. The van der Waals surface area contributed by atoms with Crippen LogP contribution in [-0.2, 0) is 4.79 Å². The van der Waals surface area contributed by atoms with Crippen LogP contribution >= 0.6 is 0 Å². The topological polar surface area (TPSA) is 49.7 Å². The molecule has 0 spiro atoms. The third-order valence-electron chi connectivity index (χ3n) is 2.42. The molecule has 3 heteroatoms. The molecule has 82 valence electrons. The number of hydrogen-bond acceptors (Lipinski definition) is 3. The average Bonchev–Trinajstić information content (AvgIpc) is 2.17. The van der Waals surface area contributed by atoms with Gasteiger partial charge in [-0.25, -0.2) is 9.79 Å². The van der Waals surface area contributed by atoms with Crippen LogP contribution in [0.5, 0.6) is 0 Å². The van der Waals surface area contributed by atoms with Gasteiger partial charge in [0.05, 0.1) is 12.1 Å². The standard InChI is InChI=1S/C11H21NO2/c1-3-4-5-6-7-8-11(14)10(2)12-9-13/h10-11,14H,3-8H2,1-2H3. The molecule has 0 amide bonds. The molecule has 2 atom stereocenters. The lowest BCUT2D eigenvalue weighted by Crippen LogP contribution is -2.20. The molecule has 1 N–H and O–H groups in total. The van der Waals surface area contributed by atoms with Crippen molar-refractivity contribution in [3.8, 4) is 0 Å². The maximum Gasteiger partial charge on any atom is 0.235 e. The Kier molecular flexibility index (Phi) is 8.50. The minimum atomic E-state index is -0.488. The molecular formula is C11H21NO2. The maximum atomic E-state index is 9.93. The molecule has 0 aliphatic rings. The van der Waals surface area contributed by atoms with Crippen molar-refractivity contribution in [2.45, 2.75) is 64.5 Å². The van der Waals surface area contributed by atoms with Crippen LogP contribution < -0.4 is 0 Å². The van der Waals surface area contributed by atoms with E-state index in [2.05, 4.69) is 11.9 Å². The molecule has 0 saturated carbocycles. The third-order valence-corrected chi connectivity index (χ3v) is 2.42. The van der Waals surface area contributed by atoms with Crippen LogP contribution in [0.25, 0.3) is 0 Å². The van der Waals surface area contributed by atoms with E-state index in [-0.39, 0.29) is 6.04 Å². The van der Waals surface area contributed by atoms with Crippen LogP contribution in [0.3, 0.4) is 0 Å². The van der Waals surface area contributed by atoms with E-state index in [4.69, 9.17) is 0 Å². The van der Waals surface area contributed by atoms with Crippen LogP contribution in [0.2, 0.25) is 0 Å². The number of rotatable bonds is 8. The first-order valence-corrected chi connectivity index (χ1v) is 5.47. The number of nitrogens with zero attached hydrogens (tertiary/aromatic N) is 1. The van der Waals surface area contributed by atoms with Gasteiger partial charge in [-0.2, -0.15) is 0 Å². The Morgan fingerprint density at radius 3 is 2.50 bits per heavy atom. The van der Waals surface area contributed by atoms with Crippen LogP contribution in [0.15, 0.2) is 4.99 Å². The quantitative estimate of drug-likeness (QED) is 0.371. The molecule has 0 rings (SSSR count). The molecule has 0 radical (unpaired) electrons. The molecule has 0 fully saturated rings. The van der Waals surface area contributed by atoms with Crippen molar-refractivity contribution in [3.63, 3.8) is 0 Å². The average molecular weight is 199 g/mol. The summed E-state index contributed by atoms with van der Waals surface area (Å²) in [7, 11) is 0. The number of aliphatic hydroxyl groups excluding tert-OH is 1. The highest BCUT2D eigenvalue weighted by Crippen LogP contribution is 2.10. The monoisotopic (exact) mass is 199 g/mol. The highest BCUT2D eigenvalue weighted by molar-refractivity contribution is 5.33. The van der Waals surface area contributed by atoms with Crippen molar-refractivity contribution < 1.29 is 9.90 Å². The van der Waals surface area contributed by atoms with E-state index in [9.17, 15) is 9.90 Å². The Hall–Kier alpha value is -0.660. The van der Waals surface area contributed by atoms with Crippen molar-refractivity contribution >= 4 is 6.08 Å². The number of isocyanates is 1. The van der Waals surface area contributed by atoms with Crippen LogP contribution in [0, 0.1) is 0 Å². The largest absolute Gasteiger partial charge is 0.391 e. The van der Waals surface area contributed by atoms with Gasteiger partial charge in [0.15, 0.2) is 0 Å². The van der Waals surface area contributed by atoms with Gasteiger partial charge < -0.3 is 5.11 Å². The molecule has 0 bridgehead atoms. The van der Waals surface area contributed by atoms with Crippen LogP contribution in [-0.4, -0.2) is 23.3 Å². The van der Waals surface area contributed by atoms with E-state index >= 15 is 0 Å². The molecule has 0 aliphatic heterocycles. The molecule has 0 aliphatic carbocycles. The highest BCUT2D eigenvalue weighted by atomic mass is 16.3. The van der Waals surface area contributed by atoms with E-state index in [0.29, 0.717) is 0 Å². The fraction of sp³-hybridized carbons (Fsp3) is 0.909. The summed E-state index contributed by atoms with van der Waals surface area (Å²) in [6, 6.07) is -0.307.